The number of carbonyl (C=O) groups excluding carboxylic acids is 5. The predicted molar refractivity (Wildman–Crippen MR) is 159 cm³/mol. The Bertz CT molecular complexity index is 952. The molecule has 0 unspecified atom stereocenters. The molecule has 0 aromatic heterocycles. The molecule has 0 saturated heterocycles. The molecule has 265 valence electrons. The number of unbranched alkanes of at least 4 members (excludes halogenated alkanes) is 6. The van der Waals surface area contributed by atoms with E-state index in [0.29, 0.717) is 79.6 Å². The molecule has 8 N–H and O–H groups in total. The quantitative estimate of drug-likeness (QED) is 0.0250. The number of hydroxylamine groups is 6. The molecule has 0 rings (SSSR count). The molecule has 1 radical (unpaired) electrons. The van der Waals surface area contributed by atoms with Crippen molar-refractivity contribution in [1.82, 2.24) is 25.8 Å². The van der Waals surface area contributed by atoms with Crippen molar-refractivity contribution in [2.45, 2.75) is 90.4 Å². The second-order valence-electron chi connectivity index (χ2n) is 10.1. The van der Waals surface area contributed by atoms with Gasteiger partial charge in [-0.15, -0.1) is 0 Å². The molecular weight excluding hydrogens is 659 g/mol. The van der Waals surface area contributed by atoms with E-state index in [4.69, 9.17) is 10.3 Å². The number of amides is 5. The average Bonchev–Trinajstić information content (AvgIpc) is 2.94. The van der Waals surface area contributed by atoms with Crippen molar-refractivity contribution in [2.75, 3.05) is 45.5 Å². The molecule has 0 aliphatic heterocycles. The van der Waals surface area contributed by atoms with E-state index in [-0.39, 0.29) is 74.2 Å². The Labute approximate surface area is 276 Å². The van der Waals surface area contributed by atoms with Crippen LogP contribution in [0.1, 0.15) is 90.4 Å². The Morgan fingerprint density at radius 3 is 1.29 bits per heavy atom. The van der Waals surface area contributed by atoms with E-state index in [0.717, 1.165) is 19.3 Å². The summed E-state index contributed by atoms with van der Waals surface area (Å²) >= 11 is 0. The first kappa shape index (κ1) is 47.0. The van der Waals surface area contributed by atoms with Crippen LogP contribution in [0.5, 0.6) is 0 Å². The predicted octanol–water partition coefficient (Wildman–Crippen LogP) is 0.424. The summed E-state index contributed by atoms with van der Waals surface area (Å²) in [6, 6.07) is 0. The molecule has 0 aromatic rings. The molecule has 5 amide bonds. The van der Waals surface area contributed by atoms with Gasteiger partial charge in [-0.3, -0.25) is 44.1 Å². The van der Waals surface area contributed by atoms with Crippen LogP contribution in [0.2, 0.25) is 0 Å². The van der Waals surface area contributed by atoms with Crippen LogP contribution in [-0.4, -0.2) is 119 Å². The third kappa shape index (κ3) is 34.3. The van der Waals surface area contributed by atoms with Crippen LogP contribution < -0.4 is 16.4 Å². The standard InChI is InChI=1S/C25H48N6O8.CH4O3S.Mn/c1-21(32)29(37)18-9-3-6-16-27-22(33)12-14-25(36)31(39)20-10-4-7-17-28-23(34)11-13-24(35)30(38)19-8-2-5-15-26;1-5(2,3)4;/h37-39H,2-20,26H2,1H3,(H,27,33)(H,28,34);1H3,(H,2,3,4);. The zero-order valence-electron chi connectivity index (χ0n) is 26.3. The summed E-state index contributed by atoms with van der Waals surface area (Å²) in [5, 5.41) is 36.1. The Hall–Kier alpha value is -2.38. The van der Waals surface area contributed by atoms with Crippen molar-refractivity contribution in [2.24, 2.45) is 5.73 Å². The molecule has 19 heteroatoms. The maximum absolute atomic E-state index is 12.0. The third-order valence-corrected chi connectivity index (χ3v) is 5.88. The molecule has 0 aliphatic rings. The summed E-state index contributed by atoms with van der Waals surface area (Å²) in [6.07, 6.45) is 6.55. The normalized spacial score (nSPS) is 10.5. The fourth-order valence-electron chi connectivity index (χ4n) is 3.45. The topological polar surface area (TPSA) is 260 Å². The minimum absolute atomic E-state index is 0. The summed E-state index contributed by atoms with van der Waals surface area (Å²) in [6.45, 7) is 3.22. The van der Waals surface area contributed by atoms with Gasteiger partial charge in [-0.05, 0) is 57.9 Å². The van der Waals surface area contributed by atoms with E-state index in [9.17, 15) is 48.0 Å². The second kappa shape index (κ2) is 29.0. The van der Waals surface area contributed by atoms with E-state index >= 15 is 0 Å². The van der Waals surface area contributed by atoms with E-state index in [2.05, 4.69) is 10.6 Å². The molecule has 45 heavy (non-hydrogen) atoms. The van der Waals surface area contributed by atoms with Crippen molar-refractivity contribution >= 4 is 39.7 Å². The van der Waals surface area contributed by atoms with Gasteiger partial charge in [0.05, 0.1) is 6.26 Å². The van der Waals surface area contributed by atoms with Crippen LogP contribution in [0.15, 0.2) is 0 Å². The van der Waals surface area contributed by atoms with Gasteiger partial charge in [0.15, 0.2) is 0 Å². The second-order valence-corrected chi connectivity index (χ2v) is 11.5. The van der Waals surface area contributed by atoms with Crippen LogP contribution in [-0.2, 0) is 51.2 Å². The molecular formula is C26H52MnN6O11S. The number of hydrogen-bond donors (Lipinski definition) is 7. The molecule has 0 aromatic carbocycles. The van der Waals surface area contributed by atoms with Gasteiger partial charge in [-0.1, -0.05) is 6.42 Å². The molecule has 0 aliphatic carbocycles. The molecule has 0 atom stereocenters. The SMILES string of the molecule is CC(=O)N(O)CCCCCNC(=O)CCC(=O)N(O)CCCCCNC(=O)CCC(=O)N(O)CCCCCN.CS(=O)(=O)O.[Mn]. The van der Waals surface area contributed by atoms with Gasteiger partial charge in [0, 0.05) is 82.4 Å². The first-order valence-corrected chi connectivity index (χ1v) is 16.5. The largest absolute Gasteiger partial charge is 0.356 e. The van der Waals surface area contributed by atoms with Crippen molar-refractivity contribution in [3.05, 3.63) is 0 Å². The van der Waals surface area contributed by atoms with Gasteiger partial charge >= 0.3 is 0 Å². The van der Waals surface area contributed by atoms with Crippen molar-refractivity contribution < 1.29 is 69.6 Å². The van der Waals surface area contributed by atoms with Crippen LogP contribution in [0, 0.1) is 0 Å². The zero-order valence-corrected chi connectivity index (χ0v) is 28.3. The average molecular weight is 712 g/mol. The minimum atomic E-state index is -3.67. The number of carbonyl (C=O) groups is 5. The van der Waals surface area contributed by atoms with E-state index in [1.807, 2.05) is 0 Å². The number of hydrogen-bond acceptors (Lipinski definition) is 11. The van der Waals surface area contributed by atoms with Crippen LogP contribution in [0.25, 0.3) is 0 Å². The van der Waals surface area contributed by atoms with E-state index in [1.54, 1.807) is 0 Å². The third-order valence-electron chi connectivity index (χ3n) is 5.88. The summed E-state index contributed by atoms with van der Waals surface area (Å²) in [4.78, 5) is 58.4. The molecule has 0 spiro atoms. The van der Waals surface area contributed by atoms with Gasteiger partial charge in [0.25, 0.3) is 10.1 Å². The number of nitrogens with zero attached hydrogens (tertiary/aromatic N) is 3. The summed E-state index contributed by atoms with van der Waals surface area (Å²) < 4.78 is 25.9. The molecule has 0 fully saturated rings. The van der Waals surface area contributed by atoms with Crippen LogP contribution in [0.4, 0.5) is 0 Å². The van der Waals surface area contributed by atoms with Crippen molar-refractivity contribution in [1.29, 1.82) is 0 Å². The Kier molecular flexibility index (Phi) is 30.4. The number of rotatable bonds is 23. The minimum Gasteiger partial charge on any atom is -0.356 e. The first-order chi connectivity index (χ1) is 20.6. The Balaban J connectivity index is -0.00000270. The molecule has 0 heterocycles. The summed E-state index contributed by atoms with van der Waals surface area (Å²) in [7, 11) is -3.67. The maximum atomic E-state index is 12.0. The van der Waals surface area contributed by atoms with E-state index < -0.39 is 27.8 Å². The van der Waals surface area contributed by atoms with Crippen molar-refractivity contribution in [3.8, 4) is 0 Å². The smallest absolute Gasteiger partial charge is 0.261 e. The molecule has 0 saturated carbocycles. The van der Waals surface area contributed by atoms with Gasteiger partial charge in [0.1, 0.15) is 0 Å². The Morgan fingerprint density at radius 2 is 0.956 bits per heavy atom. The monoisotopic (exact) mass is 711 g/mol. The molecule has 0 bridgehead atoms. The fraction of sp³-hybridized carbons (Fsp3) is 0.808. The fourth-order valence-corrected chi connectivity index (χ4v) is 3.45. The van der Waals surface area contributed by atoms with Crippen molar-refractivity contribution in [3.63, 3.8) is 0 Å². The number of nitrogens with one attached hydrogen (secondary N) is 2. The summed E-state index contributed by atoms with van der Waals surface area (Å²) in [5.41, 5.74) is 5.39. The van der Waals surface area contributed by atoms with Crippen LogP contribution >= 0.6 is 0 Å². The van der Waals surface area contributed by atoms with Gasteiger partial charge in [-0.25, -0.2) is 15.2 Å². The van der Waals surface area contributed by atoms with E-state index in [1.165, 1.54) is 6.92 Å². The van der Waals surface area contributed by atoms with Gasteiger partial charge < -0.3 is 16.4 Å². The molecule has 17 nitrogen and oxygen atoms in total. The Morgan fingerprint density at radius 1 is 0.622 bits per heavy atom. The summed E-state index contributed by atoms with van der Waals surface area (Å²) in [5.74, 6) is -2.05. The number of nitrogens with two attached hydrogens (primary N) is 1. The zero-order chi connectivity index (χ0) is 34.0. The maximum Gasteiger partial charge on any atom is 0.261 e. The van der Waals surface area contributed by atoms with Gasteiger partial charge in [-0.2, -0.15) is 8.42 Å². The van der Waals surface area contributed by atoms with Gasteiger partial charge in [0.2, 0.25) is 29.5 Å². The van der Waals surface area contributed by atoms with Crippen LogP contribution in [0.3, 0.4) is 0 Å². The first-order valence-electron chi connectivity index (χ1n) is 14.7.